The molecule has 0 aliphatic carbocycles. The molecule has 1 saturated heterocycles. The van der Waals surface area contributed by atoms with Crippen LogP contribution in [0.5, 0.6) is 0 Å². The summed E-state index contributed by atoms with van der Waals surface area (Å²) in [6.45, 7) is 4.30. The van der Waals surface area contributed by atoms with Crippen molar-refractivity contribution in [1.29, 1.82) is 0 Å². The minimum atomic E-state index is -1.09. The van der Waals surface area contributed by atoms with Crippen LogP contribution >= 0.6 is 0 Å². The van der Waals surface area contributed by atoms with Crippen LogP contribution in [0.1, 0.15) is 36.2 Å². The van der Waals surface area contributed by atoms with E-state index in [0.29, 0.717) is 30.8 Å². The summed E-state index contributed by atoms with van der Waals surface area (Å²) in [5, 5.41) is 21.5. The van der Waals surface area contributed by atoms with E-state index in [0.717, 1.165) is 0 Å². The van der Waals surface area contributed by atoms with Crippen LogP contribution in [-0.4, -0.2) is 60.3 Å². The zero-order valence-corrected chi connectivity index (χ0v) is 14.6. The Morgan fingerprint density at radius 3 is 3.00 bits per heavy atom. The van der Waals surface area contributed by atoms with Gasteiger partial charge in [0.2, 0.25) is 0 Å². The highest BCUT2D eigenvalue weighted by Crippen LogP contribution is 2.13. The first-order chi connectivity index (χ1) is 11.9. The maximum Gasteiger partial charge on any atom is 0.251 e. The average molecular weight is 347 g/mol. The summed E-state index contributed by atoms with van der Waals surface area (Å²) in [5.74, 6) is 5.39. The Morgan fingerprint density at radius 2 is 2.28 bits per heavy atom. The Morgan fingerprint density at radius 1 is 1.48 bits per heavy atom. The van der Waals surface area contributed by atoms with Crippen molar-refractivity contribution in [3.63, 3.8) is 0 Å². The quantitative estimate of drug-likeness (QED) is 0.683. The molecular weight excluding hydrogens is 322 g/mol. The third-order valence-electron chi connectivity index (χ3n) is 3.68. The number of aliphatic hydroxyl groups is 2. The summed E-state index contributed by atoms with van der Waals surface area (Å²) in [6.07, 6.45) is 0.378. The van der Waals surface area contributed by atoms with Gasteiger partial charge in [0, 0.05) is 17.7 Å². The SMILES string of the molecule is CC(C)(O)C#Cc1cccc(C(=O)NC2CCOCC2OCCO)c1. The first-order valence-electron chi connectivity index (χ1n) is 8.36. The zero-order chi connectivity index (χ0) is 18.3. The summed E-state index contributed by atoms with van der Waals surface area (Å²) < 4.78 is 10.9. The zero-order valence-electron chi connectivity index (χ0n) is 14.6. The summed E-state index contributed by atoms with van der Waals surface area (Å²) in [5.41, 5.74) is 0.0715. The van der Waals surface area contributed by atoms with Gasteiger partial charge in [-0.2, -0.15) is 0 Å². The number of rotatable bonds is 5. The second kappa shape index (κ2) is 8.97. The molecule has 0 aromatic heterocycles. The van der Waals surface area contributed by atoms with Crippen molar-refractivity contribution in [3.8, 4) is 11.8 Å². The molecule has 2 atom stereocenters. The second-order valence-electron chi connectivity index (χ2n) is 6.47. The van der Waals surface area contributed by atoms with Gasteiger partial charge >= 0.3 is 0 Å². The van der Waals surface area contributed by atoms with Crippen molar-refractivity contribution in [1.82, 2.24) is 5.32 Å². The Bertz CT molecular complexity index is 641. The van der Waals surface area contributed by atoms with Crippen LogP contribution in [0.4, 0.5) is 0 Å². The number of carbonyl (C=O) groups excluding carboxylic acids is 1. The molecule has 1 aromatic rings. The molecule has 0 saturated carbocycles. The normalized spacial score (nSPS) is 20.5. The van der Waals surface area contributed by atoms with Gasteiger partial charge in [-0.15, -0.1) is 0 Å². The van der Waals surface area contributed by atoms with Gasteiger partial charge in [-0.25, -0.2) is 0 Å². The molecule has 1 heterocycles. The second-order valence-corrected chi connectivity index (χ2v) is 6.47. The van der Waals surface area contributed by atoms with Gasteiger partial charge in [0.15, 0.2) is 0 Å². The molecule has 2 unspecified atom stereocenters. The molecule has 0 spiro atoms. The van der Waals surface area contributed by atoms with Crippen LogP contribution < -0.4 is 5.32 Å². The molecule has 1 aliphatic heterocycles. The van der Waals surface area contributed by atoms with E-state index in [-0.39, 0.29) is 31.3 Å². The lowest BCUT2D eigenvalue weighted by atomic mass is 10.0. The van der Waals surface area contributed by atoms with Gasteiger partial charge in [0.1, 0.15) is 11.7 Å². The minimum Gasteiger partial charge on any atom is -0.394 e. The van der Waals surface area contributed by atoms with Crippen LogP contribution in [0.25, 0.3) is 0 Å². The summed E-state index contributed by atoms with van der Waals surface area (Å²) in [4.78, 5) is 12.5. The lowest BCUT2D eigenvalue weighted by Crippen LogP contribution is -2.50. The fraction of sp³-hybridized carbons (Fsp3) is 0.526. The maximum absolute atomic E-state index is 12.5. The lowest BCUT2D eigenvalue weighted by molar-refractivity contribution is -0.0737. The van der Waals surface area contributed by atoms with Crippen LogP contribution in [-0.2, 0) is 9.47 Å². The monoisotopic (exact) mass is 347 g/mol. The standard InChI is InChI=1S/C19H25NO5/c1-19(2,23)8-6-14-4-3-5-15(12-14)18(22)20-16-7-10-24-13-17(16)25-11-9-21/h3-5,12,16-17,21,23H,7,9-11,13H2,1-2H3,(H,20,22). The average Bonchev–Trinajstić information content (AvgIpc) is 2.59. The minimum absolute atomic E-state index is 0.0704. The molecule has 1 amide bonds. The van der Waals surface area contributed by atoms with Crippen molar-refractivity contribution in [3.05, 3.63) is 35.4 Å². The molecule has 136 valence electrons. The van der Waals surface area contributed by atoms with Crippen molar-refractivity contribution in [2.24, 2.45) is 0 Å². The van der Waals surface area contributed by atoms with Gasteiger partial charge in [-0.1, -0.05) is 17.9 Å². The molecule has 2 rings (SSSR count). The van der Waals surface area contributed by atoms with Gasteiger partial charge in [0.05, 0.1) is 25.9 Å². The number of ether oxygens (including phenoxy) is 2. The third kappa shape index (κ3) is 6.48. The molecule has 25 heavy (non-hydrogen) atoms. The Labute approximate surface area is 148 Å². The van der Waals surface area contributed by atoms with E-state index in [1.807, 2.05) is 0 Å². The van der Waals surface area contributed by atoms with E-state index in [1.54, 1.807) is 38.1 Å². The maximum atomic E-state index is 12.5. The largest absolute Gasteiger partial charge is 0.394 e. The molecule has 1 aromatic carbocycles. The van der Waals surface area contributed by atoms with E-state index >= 15 is 0 Å². The summed E-state index contributed by atoms with van der Waals surface area (Å²) in [7, 11) is 0. The van der Waals surface area contributed by atoms with Crippen LogP contribution in [0.3, 0.4) is 0 Å². The molecule has 1 fully saturated rings. The highest BCUT2D eigenvalue weighted by Gasteiger charge is 2.28. The smallest absolute Gasteiger partial charge is 0.251 e. The number of carbonyl (C=O) groups is 1. The number of benzene rings is 1. The molecule has 0 bridgehead atoms. The number of amides is 1. The number of hydrogen-bond acceptors (Lipinski definition) is 5. The third-order valence-corrected chi connectivity index (χ3v) is 3.68. The molecule has 6 heteroatoms. The fourth-order valence-electron chi connectivity index (χ4n) is 2.46. The van der Waals surface area contributed by atoms with Crippen molar-refractivity contribution in [2.75, 3.05) is 26.4 Å². The summed E-state index contributed by atoms with van der Waals surface area (Å²) in [6, 6.07) is 6.79. The Kier molecular flexibility index (Phi) is 6.97. The van der Waals surface area contributed by atoms with Crippen LogP contribution in [0.15, 0.2) is 24.3 Å². The van der Waals surface area contributed by atoms with Crippen molar-refractivity contribution < 1.29 is 24.5 Å². The van der Waals surface area contributed by atoms with Crippen LogP contribution in [0.2, 0.25) is 0 Å². The van der Waals surface area contributed by atoms with Gasteiger partial charge in [0.25, 0.3) is 5.91 Å². The number of hydrogen-bond donors (Lipinski definition) is 3. The lowest BCUT2D eigenvalue weighted by Gasteiger charge is -2.32. The topological polar surface area (TPSA) is 88.0 Å². The van der Waals surface area contributed by atoms with E-state index in [1.165, 1.54) is 0 Å². The predicted octanol–water partition coefficient (Wildman–Crippen LogP) is 0.705. The van der Waals surface area contributed by atoms with E-state index < -0.39 is 5.60 Å². The molecular formula is C19H25NO5. The van der Waals surface area contributed by atoms with E-state index in [4.69, 9.17) is 14.6 Å². The molecule has 6 nitrogen and oxygen atoms in total. The van der Waals surface area contributed by atoms with Gasteiger partial charge in [-0.05, 0) is 38.5 Å². The summed E-state index contributed by atoms with van der Waals surface area (Å²) >= 11 is 0. The molecule has 0 radical (unpaired) electrons. The Hall–Kier alpha value is -1.91. The van der Waals surface area contributed by atoms with Gasteiger partial charge in [-0.3, -0.25) is 4.79 Å². The first-order valence-corrected chi connectivity index (χ1v) is 8.36. The number of nitrogens with one attached hydrogen (secondary N) is 1. The first kappa shape index (κ1) is 19.4. The highest BCUT2D eigenvalue weighted by molar-refractivity contribution is 5.94. The predicted molar refractivity (Wildman–Crippen MR) is 93.1 cm³/mol. The van der Waals surface area contributed by atoms with Crippen molar-refractivity contribution >= 4 is 5.91 Å². The van der Waals surface area contributed by atoms with E-state index in [2.05, 4.69) is 17.2 Å². The van der Waals surface area contributed by atoms with Crippen LogP contribution in [0, 0.1) is 11.8 Å². The molecule has 1 aliphatic rings. The number of aliphatic hydroxyl groups excluding tert-OH is 1. The van der Waals surface area contributed by atoms with Gasteiger partial charge < -0.3 is 25.0 Å². The fourth-order valence-corrected chi connectivity index (χ4v) is 2.46. The van der Waals surface area contributed by atoms with Crippen molar-refractivity contribution in [2.45, 2.75) is 38.0 Å². The Balaban J connectivity index is 2.05. The molecule has 3 N–H and O–H groups in total. The van der Waals surface area contributed by atoms with E-state index in [9.17, 15) is 9.90 Å². The highest BCUT2D eigenvalue weighted by atomic mass is 16.5.